The SMILES string of the molecule is N[C@@H](CCc1ccccc1)C(O)c1nccs1. The standard InChI is InChI=1S/C13H16N2OS/c14-11(12(16)13-15-8-9-17-13)7-6-10-4-2-1-3-5-10/h1-5,8-9,11-12,16H,6-7,14H2/t11-,12?/m0/s1. The molecule has 17 heavy (non-hydrogen) atoms. The van der Waals surface area contributed by atoms with Crippen LogP contribution in [-0.2, 0) is 6.42 Å². The van der Waals surface area contributed by atoms with Crippen LogP contribution in [0.2, 0.25) is 0 Å². The highest BCUT2D eigenvalue weighted by molar-refractivity contribution is 7.09. The third-order valence-corrected chi connectivity index (χ3v) is 3.57. The van der Waals surface area contributed by atoms with Crippen molar-refractivity contribution in [2.45, 2.75) is 25.0 Å². The zero-order valence-corrected chi connectivity index (χ0v) is 10.3. The molecule has 0 fully saturated rings. The first-order valence-corrected chi connectivity index (χ1v) is 6.52. The molecule has 3 N–H and O–H groups in total. The number of aryl methyl sites for hydroxylation is 1. The third kappa shape index (κ3) is 3.36. The van der Waals surface area contributed by atoms with Crippen LogP contribution in [0.3, 0.4) is 0 Å². The molecule has 0 spiro atoms. The molecule has 0 amide bonds. The van der Waals surface area contributed by atoms with Crippen LogP contribution in [0.15, 0.2) is 41.9 Å². The van der Waals surface area contributed by atoms with Crippen LogP contribution in [0.1, 0.15) is 23.1 Å². The fraction of sp³-hybridized carbons (Fsp3) is 0.308. The van der Waals surface area contributed by atoms with E-state index in [1.54, 1.807) is 6.20 Å². The molecule has 1 heterocycles. The fourth-order valence-corrected chi connectivity index (χ4v) is 2.40. The van der Waals surface area contributed by atoms with Crippen molar-refractivity contribution in [3.8, 4) is 0 Å². The molecule has 1 aromatic heterocycles. The molecule has 0 aliphatic rings. The maximum absolute atomic E-state index is 9.98. The summed E-state index contributed by atoms with van der Waals surface area (Å²) >= 11 is 1.44. The molecule has 3 nitrogen and oxygen atoms in total. The molecule has 2 aromatic rings. The monoisotopic (exact) mass is 248 g/mol. The lowest BCUT2D eigenvalue weighted by atomic mass is 10.0. The van der Waals surface area contributed by atoms with Crippen LogP contribution >= 0.6 is 11.3 Å². The molecular formula is C13H16N2OS. The quantitative estimate of drug-likeness (QED) is 0.852. The van der Waals surface area contributed by atoms with Crippen LogP contribution in [0.4, 0.5) is 0 Å². The summed E-state index contributed by atoms with van der Waals surface area (Å²) in [6.07, 6.45) is 2.67. The average molecular weight is 248 g/mol. The maximum Gasteiger partial charge on any atom is 0.123 e. The molecule has 1 aromatic carbocycles. The number of thiazole rings is 1. The second-order valence-electron chi connectivity index (χ2n) is 4.00. The molecule has 1 unspecified atom stereocenters. The second-order valence-corrected chi connectivity index (χ2v) is 4.93. The van der Waals surface area contributed by atoms with E-state index in [2.05, 4.69) is 17.1 Å². The van der Waals surface area contributed by atoms with Crippen molar-refractivity contribution < 1.29 is 5.11 Å². The highest BCUT2D eigenvalue weighted by Gasteiger charge is 2.18. The summed E-state index contributed by atoms with van der Waals surface area (Å²) < 4.78 is 0. The van der Waals surface area contributed by atoms with Gasteiger partial charge in [0.15, 0.2) is 0 Å². The summed E-state index contributed by atoms with van der Waals surface area (Å²) in [5.41, 5.74) is 7.22. The highest BCUT2D eigenvalue weighted by atomic mass is 32.1. The first kappa shape index (κ1) is 12.2. The molecule has 4 heteroatoms. The summed E-state index contributed by atoms with van der Waals surface area (Å²) in [6, 6.07) is 9.90. The van der Waals surface area contributed by atoms with Gasteiger partial charge in [0.2, 0.25) is 0 Å². The molecule has 0 bridgehead atoms. The van der Waals surface area contributed by atoms with Gasteiger partial charge in [-0.2, -0.15) is 0 Å². The predicted molar refractivity (Wildman–Crippen MR) is 69.8 cm³/mol. The number of benzene rings is 1. The lowest BCUT2D eigenvalue weighted by molar-refractivity contribution is 0.142. The Morgan fingerprint density at radius 2 is 2.06 bits per heavy atom. The predicted octanol–water partition coefficient (Wildman–Crippen LogP) is 2.14. The molecule has 0 saturated carbocycles. The van der Waals surface area contributed by atoms with Crippen molar-refractivity contribution in [1.82, 2.24) is 4.98 Å². The van der Waals surface area contributed by atoms with Crippen molar-refractivity contribution in [3.63, 3.8) is 0 Å². The summed E-state index contributed by atoms with van der Waals surface area (Å²) in [5.74, 6) is 0. The minimum atomic E-state index is -0.654. The molecule has 0 radical (unpaired) electrons. The van der Waals surface area contributed by atoms with E-state index in [1.165, 1.54) is 16.9 Å². The first-order valence-electron chi connectivity index (χ1n) is 5.64. The van der Waals surface area contributed by atoms with Gasteiger partial charge in [0.1, 0.15) is 11.1 Å². The van der Waals surface area contributed by atoms with Gasteiger partial charge in [-0.05, 0) is 18.4 Å². The summed E-state index contributed by atoms with van der Waals surface area (Å²) in [4.78, 5) is 4.08. The maximum atomic E-state index is 9.98. The lowest BCUT2D eigenvalue weighted by Crippen LogP contribution is -2.28. The van der Waals surface area contributed by atoms with Crippen LogP contribution in [0.5, 0.6) is 0 Å². The molecule has 0 aliphatic carbocycles. The highest BCUT2D eigenvalue weighted by Crippen LogP contribution is 2.20. The molecule has 2 atom stereocenters. The second kappa shape index (κ2) is 5.91. The van der Waals surface area contributed by atoms with Crippen LogP contribution in [0.25, 0.3) is 0 Å². The summed E-state index contributed by atoms with van der Waals surface area (Å²) in [6.45, 7) is 0. The number of nitrogens with zero attached hydrogens (tertiary/aromatic N) is 1. The summed E-state index contributed by atoms with van der Waals surface area (Å²) in [5, 5.41) is 12.5. The lowest BCUT2D eigenvalue weighted by Gasteiger charge is -2.16. The van der Waals surface area contributed by atoms with E-state index in [4.69, 9.17) is 5.73 Å². The van der Waals surface area contributed by atoms with Gasteiger partial charge in [-0.15, -0.1) is 11.3 Å². The van der Waals surface area contributed by atoms with Gasteiger partial charge in [-0.3, -0.25) is 0 Å². The normalized spacial score (nSPS) is 14.5. The van der Waals surface area contributed by atoms with Crippen molar-refractivity contribution in [1.29, 1.82) is 0 Å². The minimum absolute atomic E-state index is 0.263. The third-order valence-electron chi connectivity index (χ3n) is 2.72. The minimum Gasteiger partial charge on any atom is -0.384 e. The van der Waals surface area contributed by atoms with E-state index < -0.39 is 6.10 Å². The number of nitrogens with two attached hydrogens (primary N) is 1. The van der Waals surface area contributed by atoms with Gasteiger partial charge in [0.05, 0.1) is 0 Å². The molecule has 0 saturated heterocycles. The van der Waals surface area contributed by atoms with Crippen molar-refractivity contribution in [2.24, 2.45) is 5.73 Å². The number of hydrogen-bond donors (Lipinski definition) is 2. The number of hydrogen-bond acceptors (Lipinski definition) is 4. The van der Waals surface area contributed by atoms with Crippen LogP contribution in [0, 0.1) is 0 Å². The van der Waals surface area contributed by atoms with Gasteiger partial charge in [0, 0.05) is 17.6 Å². The fourth-order valence-electron chi connectivity index (χ4n) is 1.70. The Morgan fingerprint density at radius 3 is 2.71 bits per heavy atom. The number of aromatic nitrogens is 1. The van der Waals surface area contributed by atoms with Crippen LogP contribution in [-0.4, -0.2) is 16.1 Å². The molecule has 90 valence electrons. The number of aliphatic hydroxyl groups is 1. The largest absolute Gasteiger partial charge is 0.384 e. The van der Waals surface area contributed by atoms with Gasteiger partial charge >= 0.3 is 0 Å². The Kier molecular flexibility index (Phi) is 4.25. The van der Waals surface area contributed by atoms with E-state index in [0.29, 0.717) is 5.01 Å². The Balaban J connectivity index is 1.87. The van der Waals surface area contributed by atoms with E-state index in [1.807, 2.05) is 23.6 Å². The molecule has 0 aliphatic heterocycles. The number of rotatable bonds is 5. The Hall–Kier alpha value is -1.23. The van der Waals surface area contributed by atoms with E-state index in [-0.39, 0.29) is 6.04 Å². The zero-order valence-electron chi connectivity index (χ0n) is 9.49. The first-order chi connectivity index (χ1) is 8.27. The van der Waals surface area contributed by atoms with Gasteiger partial charge in [-0.25, -0.2) is 4.98 Å². The number of aliphatic hydroxyl groups excluding tert-OH is 1. The van der Waals surface area contributed by atoms with E-state index in [0.717, 1.165) is 12.8 Å². The van der Waals surface area contributed by atoms with E-state index in [9.17, 15) is 5.11 Å². The van der Waals surface area contributed by atoms with Gasteiger partial charge < -0.3 is 10.8 Å². The average Bonchev–Trinajstić information content (AvgIpc) is 2.90. The smallest absolute Gasteiger partial charge is 0.123 e. The van der Waals surface area contributed by atoms with Gasteiger partial charge in [0.25, 0.3) is 0 Å². The van der Waals surface area contributed by atoms with Gasteiger partial charge in [-0.1, -0.05) is 30.3 Å². The zero-order chi connectivity index (χ0) is 12.1. The Morgan fingerprint density at radius 1 is 1.29 bits per heavy atom. The van der Waals surface area contributed by atoms with Crippen molar-refractivity contribution >= 4 is 11.3 Å². The van der Waals surface area contributed by atoms with E-state index >= 15 is 0 Å². The summed E-state index contributed by atoms with van der Waals surface area (Å²) in [7, 11) is 0. The Labute approximate surface area is 105 Å². The van der Waals surface area contributed by atoms with Crippen LogP contribution < -0.4 is 5.73 Å². The van der Waals surface area contributed by atoms with Crippen molar-refractivity contribution in [3.05, 3.63) is 52.5 Å². The van der Waals surface area contributed by atoms with Crippen molar-refractivity contribution in [2.75, 3.05) is 0 Å². The topological polar surface area (TPSA) is 59.1 Å². The molecule has 2 rings (SSSR count). The Bertz CT molecular complexity index is 430. The molecular weight excluding hydrogens is 232 g/mol.